The molecule has 0 bridgehead atoms. The van der Waals surface area contributed by atoms with Crippen LogP contribution in [0.2, 0.25) is 10.0 Å². The van der Waals surface area contributed by atoms with Crippen LogP contribution in [-0.4, -0.2) is 21.8 Å². The Balaban J connectivity index is 2.28. The van der Waals surface area contributed by atoms with Crippen LogP contribution >= 0.6 is 23.2 Å². The van der Waals surface area contributed by atoms with Gasteiger partial charge in [-0.05, 0) is 37.6 Å². The third-order valence-electron chi connectivity index (χ3n) is 3.22. The molecule has 23 heavy (non-hydrogen) atoms. The van der Waals surface area contributed by atoms with Gasteiger partial charge in [0.2, 0.25) is 0 Å². The van der Waals surface area contributed by atoms with Crippen LogP contribution in [0.5, 0.6) is 11.5 Å². The van der Waals surface area contributed by atoms with E-state index in [1.54, 1.807) is 26.0 Å². The van der Waals surface area contributed by atoms with E-state index in [4.69, 9.17) is 23.2 Å². The molecule has 0 radical (unpaired) electrons. The van der Waals surface area contributed by atoms with Crippen LogP contribution in [0.4, 0.5) is 0 Å². The van der Waals surface area contributed by atoms with E-state index in [1.165, 1.54) is 18.2 Å². The van der Waals surface area contributed by atoms with Crippen LogP contribution in [0.15, 0.2) is 35.4 Å². The van der Waals surface area contributed by atoms with E-state index >= 15 is 0 Å². The van der Waals surface area contributed by atoms with Crippen molar-refractivity contribution >= 4 is 34.8 Å². The van der Waals surface area contributed by atoms with E-state index < -0.39 is 5.91 Å². The summed E-state index contributed by atoms with van der Waals surface area (Å²) in [6, 6.07) is 7.65. The molecule has 1 amide bonds. The number of amides is 1. The second-order valence-electron chi connectivity index (χ2n) is 4.89. The van der Waals surface area contributed by atoms with Gasteiger partial charge in [0.15, 0.2) is 0 Å². The summed E-state index contributed by atoms with van der Waals surface area (Å²) in [6.07, 6.45) is 0. The van der Waals surface area contributed by atoms with Gasteiger partial charge >= 0.3 is 0 Å². The molecule has 0 spiro atoms. The van der Waals surface area contributed by atoms with Crippen molar-refractivity contribution in [3.05, 3.63) is 57.1 Å². The van der Waals surface area contributed by atoms with Gasteiger partial charge in [-0.2, -0.15) is 5.10 Å². The molecule has 5 nitrogen and oxygen atoms in total. The highest BCUT2D eigenvalue weighted by molar-refractivity contribution is 6.36. The quantitative estimate of drug-likeness (QED) is 0.579. The molecule has 0 atom stereocenters. The Morgan fingerprint density at radius 1 is 1.22 bits per heavy atom. The minimum absolute atomic E-state index is 0.0879. The van der Waals surface area contributed by atoms with E-state index in [2.05, 4.69) is 10.5 Å². The number of carbonyl (C=O) groups excluding carboxylic acids is 1. The van der Waals surface area contributed by atoms with Gasteiger partial charge in [0, 0.05) is 10.6 Å². The minimum Gasteiger partial charge on any atom is -0.507 e. The molecule has 2 aromatic rings. The number of rotatable bonds is 3. The molecular formula is C16H14Cl2N2O3. The van der Waals surface area contributed by atoms with Crippen LogP contribution in [0, 0.1) is 6.92 Å². The van der Waals surface area contributed by atoms with Gasteiger partial charge in [0.05, 0.1) is 16.3 Å². The molecule has 0 aliphatic rings. The first-order valence-corrected chi connectivity index (χ1v) is 7.38. The Hall–Kier alpha value is -2.24. The molecule has 0 saturated heterocycles. The Morgan fingerprint density at radius 2 is 1.91 bits per heavy atom. The standard InChI is InChI=1S/C16H14Cl2N2O3/c1-8-4-3-5-13(21)14(8)16(23)20-19-9(2)11-6-10(17)7-12(18)15(11)22/h3-7,21-22H,1-2H3,(H,20,23). The zero-order valence-electron chi connectivity index (χ0n) is 12.4. The van der Waals surface area contributed by atoms with E-state index in [9.17, 15) is 15.0 Å². The van der Waals surface area contributed by atoms with Crippen LogP contribution in [0.25, 0.3) is 0 Å². The van der Waals surface area contributed by atoms with E-state index in [1.807, 2.05) is 0 Å². The van der Waals surface area contributed by atoms with Crippen LogP contribution in [-0.2, 0) is 0 Å². The molecule has 0 aromatic heterocycles. The van der Waals surface area contributed by atoms with Gasteiger partial charge in [0.25, 0.3) is 5.91 Å². The second kappa shape index (κ2) is 6.89. The van der Waals surface area contributed by atoms with Gasteiger partial charge in [-0.1, -0.05) is 35.3 Å². The predicted octanol–water partition coefficient (Wildman–Crippen LogP) is 3.87. The van der Waals surface area contributed by atoms with Crippen LogP contribution in [0.3, 0.4) is 0 Å². The average molecular weight is 353 g/mol. The third kappa shape index (κ3) is 3.75. The van der Waals surface area contributed by atoms with Crippen molar-refractivity contribution in [1.29, 1.82) is 0 Å². The van der Waals surface area contributed by atoms with Gasteiger partial charge in [-0.25, -0.2) is 5.43 Å². The fraction of sp³-hybridized carbons (Fsp3) is 0.125. The molecule has 120 valence electrons. The van der Waals surface area contributed by atoms with Crippen LogP contribution in [0.1, 0.15) is 28.4 Å². The highest BCUT2D eigenvalue weighted by atomic mass is 35.5. The molecular weight excluding hydrogens is 339 g/mol. The van der Waals surface area contributed by atoms with Crippen molar-refractivity contribution in [1.82, 2.24) is 5.43 Å². The van der Waals surface area contributed by atoms with E-state index in [-0.39, 0.29) is 22.1 Å². The van der Waals surface area contributed by atoms with Gasteiger partial charge in [-0.15, -0.1) is 0 Å². The number of aromatic hydroxyl groups is 2. The number of nitrogens with zero attached hydrogens (tertiary/aromatic N) is 1. The lowest BCUT2D eigenvalue weighted by Gasteiger charge is -2.09. The summed E-state index contributed by atoms with van der Waals surface area (Å²) in [4.78, 5) is 12.1. The number of phenolic OH excluding ortho intramolecular Hbond substituents is 2. The molecule has 0 heterocycles. The highest BCUT2D eigenvalue weighted by Crippen LogP contribution is 2.31. The first-order valence-electron chi connectivity index (χ1n) is 6.63. The molecule has 2 rings (SSSR count). The van der Waals surface area contributed by atoms with Crippen molar-refractivity contribution in [2.75, 3.05) is 0 Å². The van der Waals surface area contributed by atoms with Gasteiger partial charge in [-0.3, -0.25) is 4.79 Å². The lowest BCUT2D eigenvalue weighted by molar-refractivity contribution is 0.0951. The number of hydrogen-bond acceptors (Lipinski definition) is 4. The minimum atomic E-state index is -0.562. The van der Waals surface area contributed by atoms with E-state index in [0.29, 0.717) is 21.9 Å². The first-order chi connectivity index (χ1) is 10.8. The number of nitrogens with one attached hydrogen (secondary N) is 1. The summed E-state index contributed by atoms with van der Waals surface area (Å²) in [5.74, 6) is -0.873. The van der Waals surface area contributed by atoms with Crippen molar-refractivity contribution in [3.63, 3.8) is 0 Å². The Kier molecular flexibility index (Phi) is 5.13. The number of phenols is 2. The van der Waals surface area contributed by atoms with Crippen molar-refractivity contribution in [3.8, 4) is 11.5 Å². The zero-order chi connectivity index (χ0) is 17.1. The SMILES string of the molecule is CC(=NNC(=O)c1c(C)cccc1O)c1cc(Cl)cc(Cl)c1O. The van der Waals surface area contributed by atoms with Crippen molar-refractivity contribution in [2.24, 2.45) is 5.10 Å². The number of carbonyl (C=O) groups is 1. The molecule has 3 N–H and O–H groups in total. The lowest BCUT2D eigenvalue weighted by atomic mass is 10.1. The number of aryl methyl sites for hydroxylation is 1. The molecule has 0 unspecified atom stereocenters. The topological polar surface area (TPSA) is 81.9 Å². The summed E-state index contributed by atoms with van der Waals surface area (Å²) >= 11 is 11.7. The molecule has 2 aromatic carbocycles. The Morgan fingerprint density at radius 3 is 2.57 bits per heavy atom. The molecule has 0 aliphatic heterocycles. The molecule has 0 aliphatic carbocycles. The van der Waals surface area contributed by atoms with Gasteiger partial charge < -0.3 is 10.2 Å². The van der Waals surface area contributed by atoms with Crippen molar-refractivity contribution in [2.45, 2.75) is 13.8 Å². The monoisotopic (exact) mass is 352 g/mol. The lowest BCUT2D eigenvalue weighted by Crippen LogP contribution is -2.20. The second-order valence-corrected chi connectivity index (χ2v) is 5.73. The fourth-order valence-corrected chi connectivity index (χ4v) is 2.53. The Labute approximate surface area is 143 Å². The largest absolute Gasteiger partial charge is 0.507 e. The average Bonchev–Trinajstić information content (AvgIpc) is 2.48. The maximum absolute atomic E-state index is 12.1. The van der Waals surface area contributed by atoms with Gasteiger partial charge in [0.1, 0.15) is 11.5 Å². The maximum atomic E-state index is 12.1. The predicted molar refractivity (Wildman–Crippen MR) is 90.6 cm³/mol. The number of halogens is 2. The number of hydrogen-bond donors (Lipinski definition) is 3. The maximum Gasteiger partial charge on any atom is 0.275 e. The fourth-order valence-electron chi connectivity index (χ4n) is 2.04. The summed E-state index contributed by atoms with van der Waals surface area (Å²) in [7, 11) is 0. The third-order valence-corrected chi connectivity index (χ3v) is 3.73. The zero-order valence-corrected chi connectivity index (χ0v) is 13.9. The first kappa shape index (κ1) is 17.1. The molecule has 7 heteroatoms. The summed E-state index contributed by atoms with van der Waals surface area (Å²) in [6.45, 7) is 3.29. The van der Waals surface area contributed by atoms with Crippen molar-refractivity contribution < 1.29 is 15.0 Å². The normalized spacial score (nSPS) is 11.4. The molecule has 0 saturated carbocycles. The smallest absolute Gasteiger partial charge is 0.275 e. The van der Waals surface area contributed by atoms with E-state index in [0.717, 1.165) is 0 Å². The highest BCUT2D eigenvalue weighted by Gasteiger charge is 2.15. The summed E-state index contributed by atoms with van der Waals surface area (Å²) in [5, 5.41) is 24.1. The summed E-state index contributed by atoms with van der Waals surface area (Å²) < 4.78 is 0. The Bertz CT molecular complexity index is 784. The summed E-state index contributed by atoms with van der Waals surface area (Å²) in [5.41, 5.74) is 3.70. The number of benzene rings is 2. The molecule has 0 fully saturated rings. The van der Waals surface area contributed by atoms with Crippen LogP contribution < -0.4 is 5.43 Å². The number of hydrazone groups is 1.